The van der Waals surface area contributed by atoms with Crippen molar-refractivity contribution >= 4 is 20.9 Å². The van der Waals surface area contributed by atoms with Crippen LogP contribution >= 0.6 is 8.73 Å². The molecule has 0 aliphatic heterocycles. The highest BCUT2D eigenvalue weighted by molar-refractivity contribution is 7.52. The van der Waals surface area contributed by atoms with Gasteiger partial charge in [-0.3, -0.25) is 0 Å². The Morgan fingerprint density at radius 2 is 2.43 bits per heavy atom. The first-order chi connectivity index (χ1) is 3.41. The zero-order valence-corrected chi connectivity index (χ0v) is 4.96. The summed E-state index contributed by atoms with van der Waals surface area (Å²) < 4.78 is 3.72. The van der Waals surface area contributed by atoms with E-state index in [1.807, 2.05) is 0 Å². The van der Waals surface area contributed by atoms with E-state index in [9.17, 15) is 0 Å². The van der Waals surface area contributed by atoms with E-state index in [2.05, 4.69) is 4.67 Å². The van der Waals surface area contributed by atoms with Crippen LogP contribution in [0.4, 0.5) is 0 Å². The van der Waals surface area contributed by atoms with E-state index in [0.29, 0.717) is 6.54 Å². The van der Waals surface area contributed by atoms with Crippen molar-refractivity contribution in [3.63, 3.8) is 0 Å². The number of rotatable bonds is 2. The number of hydrogen-bond acceptors (Lipinski definition) is 2. The quantitative estimate of drug-likeness (QED) is 0.268. The van der Waals surface area contributed by atoms with Crippen LogP contribution in [0.3, 0.4) is 0 Å². The molecule has 0 aromatic carbocycles. The zero-order chi connectivity index (χ0) is 5.54. The van der Waals surface area contributed by atoms with E-state index in [1.54, 1.807) is 12.2 Å². The lowest BCUT2D eigenvalue weighted by Crippen LogP contribution is -2.00. The molecular weight excluding hydrogens is 109 g/mol. The van der Waals surface area contributed by atoms with Crippen LogP contribution in [-0.4, -0.2) is 18.7 Å². The first-order valence-electron chi connectivity index (χ1n) is 1.91. The highest BCUT2D eigenvalue weighted by Gasteiger charge is 1.72. The van der Waals surface area contributed by atoms with Crippen molar-refractivity contribution in [2.45, 2.75) is 0 Å². The van der Waals surface area contributed by atoms with Crippen molar-refractivity contribution in [3.8, 4) is 0 Å². The molecule has 1 atom stereocenters. The Kier molecular flexibility index (Phi) is 5.63. The predicted octanol–water partition coefficient (Wildman–Crippen LogP) is -1.34. The van der Waals surface area contributed by atoms with Crippen LogP contribution < -0.4 is 15.9 Å². The van der Waals surface area contributed by atoms with Crippen LogP contribution in [0.2, 0.25) is 0 Å². The third-order valence-corrected chi connectivity index (χ3v) is 0.658. The zero-order valence-electron chi connectivity index (χ0n) is 3.96. The van der Waals surface area contributed by atoms with Crippen molar-refractivity contribution in [1.82, 2.24) is 4.67 Å². The fraction of sp³-hybridized carbons (Fsp3) is 0.333. The summed E-state index contributed by atoms with van der Waals surface area (Å²) in [5.41, 5.74) is 10.1. The van der Waals surface area contributed by atoms with Crippen molar-refractivity contribution < 1.29 is 0 Å². The summed E-state index contributed by atoms with van der Waals surface area (Å²) >= 11 is 0. The molecule has 0 aromatic heterocycles. The smallest absolute Gasteiger partial charge is 0.299 e. The maximum absolute atomic E-state index is 5.09. The van der Waals surface area contributed by atoms with E-state index in [1.165, 1.54) is 0 Å². The monoisotopic (exact) mass is 118 g/mol. The van der Waals surface area contributed by atoms with Gasteiger partial charge in [-0.2, -0.15) is 0 Å². The van der Waals surface area contributed by atoms with Gasteiger partial charge in [-0.15, -0.1) is 4.67 Å². The molecule has 0 amide bonds. The van der Waals surface area contributed by atoms with Gasteiger partial charge >= 0.3 is 0 Å². The average Bonchev–Trinajstić information content (AvgIpc) is 1.69. The lowest BCUT2D eigenvalue weighted by Gasteiger charge is -1.57. The molecule has 3 nitrogen and oxygen atoms in total. The predicted molar refractivity (Wildman–Crippen MR) is 35.8 cm³/mol. The molecule has 4 N–H and O–H groups in total. The molecule has 1 unspecified atom stereocenters. The lowest BCUT2D eigenvalue weighted by atomic mass is 10.8. The molecule has 0 bridgehead atoms. The summed E-state index contributed by atoms with van der Waals surface area (Å²) in [7, 11) is 0.289. The van der Waals surface area contributed by atoms with Gasteiger partial charge in [0.25, 0.3) is 12.2 Å². The molecule has 0 aliphatic rings. The average molecular weight is 118 g/mol. The van der Waals surface area contributed by atoms with Crippen molar-refractivity contribution in [3.05, 3.63) is 0 Å². The molecule has 0 rings (SSSR count). The molecule has 0 radical (unpaired) electrons. The summed E-state index contributed by atoms with van der Waals surface area (Å²) in [6.45, 7) is 0.487. The minimum absolute atomic E-state index is 0.289. The first-order valence-corrected chi connectivity index (χ1v) is 3.06. The van der Waals surface area contributed by atoms with Crippen molar-refractivity contribution in [1.29, 1.82) is 0 Å². The Morgan fingerprint density at radius 3 is 2.86 bits per heavy atom. The number of nitrogens with zero attached hydrogens (tertiary/aromatic N) is 1. The first kappa shape index (κ1) is 6.80. The second-order valence-corrected chi connectivity index (χ2v) is 1.45. The van der Waals surface area contributed by atoms with E-state index >= 15 is 0 Å². The fourth-order valence-corrected chi connectivity index (χ4v) is 0.348. The van der Waals surface area contributed by atoms with Gasteiger partial charge < -0.3 is 11.2 Å². The molecule has 0 spiro atoms. The summed E-state index contributed by atoms with van der Waals surface area (Å²) in [6, 6.07) is 0. The van der Waals surface area contributed by atoms with Crippen LogP contribution in [-0.2, 0) is 0 Å². The van der Waals surface area contributed by atoms with E-state index in [4.69, 9.17) is 11.2 Å². The Hall–Kier alpha value is -0.200. The van der Waals surface area contributed by atoms with Crippen LogP contribution in [0, 0.1) is 0 Å². The molecule has 0 saturated carbocycles. The van der Waals surface area contributed by atoms with E-state index < -0.39 is 0 Å². The molecule has 0 aliphatic carbocycles. The number of nitrogens with two attached hydrogens (primary N) is 2. The molecule has 40 valence electrons. The standard InChI is InChI=1S/C3H9N3P/c4-1-2-6-3-7-5/h2-3,7H,1,4-5H2/q+1. The Morgan fingerprint density at radius 1 is 1.71 bits per heavy atom. The second-order valence-electron chi connectivity index (χ2n) is 0.863. The highest BCUT2D eigenvalue weighted by atomic mass is 31.1. The van der Waals surface area contributed by atoms with Crippen molar-refractivity contribution in [2.24, 2.45) is 11.2 Å². The minimum Gasteiger partial charge on any atom is -0.321 e. The molecule has 4 heteroatoms. The van der Waals surface area contributed by atoms with Crippen molar-refractivity contribution in [2.75, 3.05) is 6.54 Å². The Balaban J connectivity index is 3.21. The maximum atomic E-state index is 5.09. The minimum atomic E-state index is 0.289. The van der Waals surface area contributed by atoms with Crippen LogP contribution in [0.15, 0.2) is 0 Å². The van der Waals surface area contributed by atoms with E-state index in [-0.39, 0.29) is 8.73 Å². The van der Waals surface area contributed by atoms with Gasteiger partial charge in [0, 0.05) is 0 Å². The van der Waals surface area contributed by atoms with E-state index in [0.717, 1.165) is 0 Å². The lowest BCUT2D eigenvalue weighted by molar-refractivity contribution is 1.33. The summed E-state index contributed by atoms with van der Waals surface area (Å²) in [4.78, 5) is 0. The largest absolute Gasteiger partial charge is 0.321 e. The van der Waals surface area contributed by atoms with Gasteiger partial charge in [0.05, 0.1) is 15.3 Å². The van der Waals surface area contributed by atoms with Crippen LogP contribution in [0.1, 0.15) is 0 Å². The summed E-state index contributed by atoms with van der Waals surface area (Å²) in [5.74, 6) is 1.63. The van der Waals surface area contributed by atoms with Gasteiger partial charge in [0.15, 0.2) is 0 Å². The van der Waals surface area contributed by atoms with Gasteiger partial charge in [-0.1, -0.05) is 0 Å². The Bertz CT molecular complexity index is 76.2. The normalized spacial score (nSPS) is 8.86. The van der Waals surface area contributed by atoms with Gasteiger partial charge in [0.1, 0.15) is 0 Å². The second kappa shape index (κ2) is 5.80. The fourth-order valence-electron chi connectivity index (χ4n) is 0.157. The third-order valence-electron chi connectivity index (χ3n) is 0.360. The summed E-state index contributed by atoms with van der Waals surface area (Å²) in [6.07, 6.45) is 1.61. The number of hydrogen-bond donors (Lipinski definition) is 2. The third kappa shape index (κ3) is 5.80. The van der Waals surface area contributed by atoms with Gasteiger partial charge in [-0.05, 0) is 0 Å². The molecule has 0 fully saturated rings. The molecule has 0 aromatic rings. The maximum Gasteiger partial charge on any atom is 0.299 e. The molecular formula is C3H9N3P+. The molecule has 0 heterocycles. The Labute approximate surface area is 44.4 Å². The van der Waals surface area contributed by atoms with Gasteiger partial charge in [-0.25, -0.2) is 0 Å². The van der Waals surface area contributed by atoms with Crippen LogP contribution in [0.25, 0.3) is 0 Å². The van der Waals surface area contributed by atoms with Gasteiger partial charge in [0.2, 0.25) is 0 Å². The van der Waals surface area contributed by atoms with Crippen LogP contribution in [0.5, 0.6) is 0 Å². The molecule has 7 heavy (non-hydrogen) atoms. The molecule has 0 saturated heterocycles. The topological polar surface area (TPSA) is 66.1 Å². The SMILES string of the molecule is NCC=[N+]=CPN. The highest BCUT2D eigenvalue weighted by Crippen LogP contribution is 1.78. The summed E-state index contributed by atoms with van der Waals surface area (Å²) in [5, 5.41) is 0.